The van der Waals surface area contributed by atoms with Crippen LogP contribution in [-0.4, -0.2) is 34.8 Å². The lowest BCUT2D eigenvalue weighted by Crippen LogP contribution is -2.49. The molecule has 4 rings (SSSR count). The van der Waals surface area contributed by atoms with E-state index in [9.17, 15) is 4.79 Å². The molecule has 1 aromatic carbocycles. The van der Waals surface area contributed by atoms with E-state index in [-0.39, 0.29) is 11.9 Å². The largest absolute Gasteiger partial charge is 0.336 e. The normalized spacial score (nSPS) is 18.8. The summed E-state index contributed by atoms with van der Waals surface area (Å²) in [4.78, 5) is 18.7. The van der Waals surface area contributed by atoms with Gasteiger partial charge in [0.2, 0.25) is 5.91 Å². The van der Waals surface area contributed by atoms with E-state index in [4.69, 9.17) is 0 Å². The zero-order chi connectivity index (χ0) is 16.7. The van der Waals surface area contributed by atoms with Gasteiger partial charge in [-0.2, -0.15) is 0 Å². The zero-order valence-corrected chi connectivity index (χ0v) is 16.2. The van der Waals surface area contributed by atoms with Crippen LogP contribution in [0.1, 0.15) is 28.5 Å². The van der Waals surface area contributed by atoms with Crippen molar-refractivity contribution >= 4 is 33.2 Å². The Balaban J connectivity index is 1.45. The summed E-state index contributed by atoms with van der Waals surface area (Å²) in [6.07, 6.45) is 2.01. The van der Waals surface area contributed by atoms with Crippen LogP contribution in [0.5, 0.6) is 0 Å². The zero-order valence-electron chi connectivity index (χ0n) is 13.8. The number of halogens is 1. The van der Waals surface area contributed by atoms with Gasteiger partial charge in [-0.3, -0.25) is 9.69 Å². The summed E-state index contributed by atoms with van der Waals surface area (Å²) >= 11 is 5.32. The van der Waals surface area contributed by atoms with Crippen LogP contribution in [0.2, 0.25) is 0 Å². The summed E-state index contributed by atoms with van der Waals surface area (Å²) in [6, 6.07) is 10.7. The van der Waals surface area contributed by atoms with Gasteiger partial charge < -0.3 is 4.90 Å². The van der Waals surface area contributed by atoms with Crippen LogP contribution in [0.25, 0.3) is 0 Å². The van der Waals surface area contributed by atoms with E-state index < -0.39 is 0 Å². The molecule has 3 heterocycles. The molecule has 0 unspecified atom stereocenters. The summed E-state index contributed by atoms with van der Waals surface area (Å²) in [5.74, 6) is 0.268. The fourth-order valence-electron chi connectivity index (χ4n) is 3.74. The third-order valence-electron chi connectivity index (χ3n) is 5.23. The topological polar surface area (TPSA) is 23.6 Å². The molecule has 0 N–H and O–H groups in total. The molecule has 3 nitrogen and oxygen atoms in total. The van der Waals surface area contributed by atoms with Crippen LogP contribution in [0.15, 0.2) is 34.1 Å². The molecule has 0 saturated carbocycles. The van der Waals surface area contributed by atoms with E-state index in [2.05, 4.69) is 58.1 Å². The van der Waals surface area contributed by atoms with Crippen LogP contribution >= 0.6 is 27.3 Å². The maximum atomic E-state index is 13.0. The number of nitrogens with zero attached hydrogens (tertiary/aromatic N) is 2. The van der Waals surface area contributed by atoms with Crippen molar-refractivity contribution in [3.05, 3.63) is 55.7 Å². The Morgan fingerprint density at radius 3 is 2.71 bits per heavy atom. The highest BCUT2D eigenvalue weighted by atomic mass is 79.9. The Morgan fingerprint density at radius 2 is 1.88 bits per heavy atom. The summed E-state index contributed by atoms with van der Waals surface area (Å²) in [7, 11) is 0. The molecule has 1 aromatic heterocycles. The average molecular weight is 405 g/mol. The molecule has 0 fully saturated rings. The van der Waals surface area contributed by atoms with Crippen molar-refractivity contribution in [1.29, 1.82) is 0 Å². The molecule has 5 heteroatoms. The van der Waals surface area contributed by atoms with Crippen LogP contribution in [0.3, 0.4) is 0 Å². The highest BCUT2D eigenvalue weighted by Gasteiger charge is 2.30. The van der Waals surface area contributed by atoms with Crippen molar-refractivity contribution in [2.24, 2.45) is 0 Å². The van der Waals surface area contributed by atoms with Crippen LogP contribution in [0, 0.1) is 0 Å². The Hall–Kier alpha value is -1.17. The van der Waals surface area contributed by atoms with Gasteiger partial charge in [-0.1, -0.05) is 24.3 Å². The standard InChI is InChI=1S/C19H21BrN2OS/c1-13(21-8-6-14-4-2-3-5-16(14)11-21)19(23)22-9-7-15-10-18(20)24-17(15)12-22/h2-5,10,13H,6-9,11-12H2,1H3/t13-/m1/s1. The van der Waals surface area contributed by atoms with Crippen molar-refractivity contribution in [3.8, 4) is 0 Å². The maximum absolute atomic E-state index is 13.0. The molecule has 2 aromatic rings. The lowest BCUT2D eigenvalue weighted by molar-refractivity contribution is -0.137. The van der Waals surface area contributed by atoms with Crippen molar-refractivity contribution in [3.63, 3.8) is 0 Å². The number of carbonyl (C=O) groups is 1. The molecule has 0 aliphatic carbocycles. The first kappa shape index (κ1) is 16.3. The molecular weight excluding hydrogens is 384 g/mol. The predicted octanol–water partition coefficient (Wildman–Crippen LogP) is 3.84. The number of hydrogen-bond acceptors (Lipinski definition) is 3. The van der Waals surface area contributed by atoms with Crippen molar-refractivity contribution < 1.29 is 4.79 Å². The van der Waals surface area contributed by atoms with Gasteiger partial charge in [0.25, 0.3) is 0 Å². The van der Waals surface area contributed by atoms with Gasteiger partial charge in [0, 0.05) is 24.5 Å². The van der Waals surface area contributed by atoms with E-state index in [0.29, 0.717) is 0 Å². The molecule has 0 radical (unpaired) electrons. The first-order valence-electron chi connectivity index (χ1n) is 8.48. The van der Waals surface area contributed by atoms with Gasteiger partial charge in [-0.25, -0.2) is 0 Å². The lowest BCUT2D eigenvalue weighted by Gasteiger charge is -2.36. The maximum Gasteiger partial charge on any atom is 0.239 e. The first-order valence-corrected chi connectivity index (χ1v) is 10.1. The quantitative estimate of drug-likeness (QED) is 0.758. The van der Waals surface area contributed by atoms with Gasteiger partial charge in [-0.15, -0.1) is 11.3 Å². The molecule has 1 amide bonds. The molecule has 2 aliphatic rings. The highest BCUT2D eigenvalue weighted by Crippen LogP contribution is 2.32. The fraction of sp³-hybridized carbons (Fsp3) is 0.421. The molecule has 2 aliphatic heterocycles. The third-order valence-corrected chi connectivity index (χ3v) is 6.89. The SMILES string of the molecule is C[C@H](C(=O)N1CCc2cc(Br)sc2C1)N1CCc2ccccc2C1. The number of benzene rings is 1. The molecule has 0 spiro atoms. The second kappa shape index (κ2) is 6.62. The molecule has 1 atom stereocenters. The van der Waals surface area contributed by atoms with E-state index in [1.807, 2.05) is 4.90 Å². The third kappa shape index (κ3) is 3.05. The minimum atomic E-state index is -0.0525. The monoisotopic (exact) mass is 404 g/mol. The lowest BCUT2D eigenvalue weighted by atomic mass is 9.98. The summed E-state index contributed by atoms with van der Waals surface area (Å²) < 4.78 is 1.17. The van der Waals surface area contributed by atoms with Gasteiger partial charge in [0.05, 0.1) is 16.4 Å². The number of rotatable bonds is 2. The van der Waals surface area contributed by atoms with Crippen LogP contribution in [0.4, 0.5) is 0 Å². The second-order valence-electron chi connectivity index (χ2n) is 6.67. The number of fused-ring (bicyclic) bond motifs is 2. The second-order valence-corrected chi connectivity index (χ2v) is 9.19. The minimum Gasteiger partial charge on any atom is -0.336 e. The average Bonchev–Trinajstić information content (AvgIpc) is 2.99. The van der Waals surface area contributed by atoms with Gasteiger partial charge in [0.15, 0.2) is 0 Å². The predicted molar refractivity (Wildman–Crippen MR) is 101 cm³/mol. The first-order chi connectivity index (χ1) is 11.6. The Morgan fingerprint density at radius 1 is 1.12 bits per heavy atom. The highest BCUT2D eigenvalue weighted by molar-refractivity contribution is 9.11. The Labute approximate surface area is 155 Å². The van der Waals surface area contributed by atoms with Crippen molar-refractivity contribution in [1.82, 2.24) is 9.80 Å². The smallest absolute Gasteiger partial charge is 0.239 e. The molecule has 126 valence electrons. The molecular formula is C19H21BrN2OS. The number of hydrogen-bond donors (Lipinski definition) is 0. The Kier molecular flexibility index (Phi) is 4.50. The molecule has 24 heavy (non-hydrogen) atoms. The van der Waals surface area contributed by atoms with E-state index in [1.54, 1.807) is 11.3 Å². The van der Waals surface area contributed by atoms with Crippen LogP contribution in [-0.2, 0) is 30.7 Å². The number of thiophene rings is 1. The minimum absolute atomic E-state index is 0.0525. The summed E-state index contributed by atoms with van der Waals surface area (Å²) in [5, 5.41) is 0. The van der Waals surface area contributed by atoms with Crippen LogP contribution < -0.4 is 0 Å². The van der Waals surface area contributed by atoms with Crippen molar-refractivity contribution in [2.45, 2.75) is 38.9 Å². The number of amides is 1. The van der Waals surface area contributed by atoms with Gasteiger partial charge >= 0.3 is 0 Å². The van der Waals surface area contributed by atoms with Gasteiger partial charge in [-0.05, 0) is 58.5 Å². The van der Waals surface area contributed by atoms with Gasteiger partial charge in [0.1, 0.15) is 0 Å². The number of carbonyl (C=O) groups excluding carboxylic acids is 1. The summed E-state index contributed by atoms with van der Waals surface area (Å²) in [5.41, 5.74) is 4.20. The molecule has 0 saturated heterocycles. The van der Waals surface area contributed by atoms with E-state index >= 15 is 0 Å². The molecule has 0 bridgehead atoms. The Bertz CT molecular complexity index is 772. The fourth-order valence-corrected chi connectivity index (χ4v) is 5.55. The summed E-state index contributed by atoms with van der Waals surface area (Å²) in [6.45, 7) is 5.51. The van der Waals surface area contributed by atoms with E-state index in [1.165, 1.54) is 25.4 Å². The van der Waals surface area contributed by atoms with Crippen molar-refractivity contribution in [2.75, 3.05) is 13.1 Å². The van der Waals surface area contributed by atoms with E-state index in [0.717, 1.165) is 39.0 Å².